The number of hydrogen-bond donors (Lipinski definition) is 0. The molecule has 0 atom stereocenters. The van der Waals surface area contributed by atoms with Crippen LogP contribution in [0.2, 0.25) is 16.1 Å². The Morgan fingerprint density at radius 3 is 1.75 bits per heavy atom. The molecule has 0 aliphatic rings. The van der Waals surface area contributed by atoms with Gasteiger partial charge in [-0.05, 0) is 42.8 Å². The molecule has 0 fully saturated rings. The van der Waals surface area contributed by atoms with Gasteiger partial charge in [0, 0.05) is 6.42 Å². The van der Waals surface area contributed by atoms with Crippen molar-refractivity contribution in [1.82, 2.24) is 0 Å². The van der Waals surface area contributed by atoms with Gasteiger partial charge < -0.3 is 4.43 Å². The van der Waals surface area contributed by atoms with E-state index in [1.807, 2.05) is 0 Å². The first-order valence-corrected chi connectivity index (χ1v) is 10.1. The van der Waals surface area contributed by atoms with E-state index in [2.05, 4.69) is 68.2 Å². The predicted molar refractivity (Wildman–Crippen MR) is 93.5 cm³/mol. The molecule has 0 rings (SSSR count). The van der Waals surface area contributed by atoms with Gasteiger partial charge in [0.1, 0.15) is 0 Å². The zero-order valence-electron chi connectivity index (χ0n) is 15.3. The van der Waals surface area contributed by atoms with Crippen molar-refractivity contribution in [3.05, 3.63) is 0 Å². The van der Waals surface area contributed by atoms with Gasteiger partial charge in [-0.2, -0.15) is 0 Å². The fraction of sp³-hybridized carbons (Fsp3) is 0.889. The topological polar surface area (TPSA) is 9.23 Å². The van der Waals surface area contributed by atoms with Gasteiger partial charge in [-0.25, -0.2) is 0 Å². The Bertz CT molecular complexity index is 320. The number of unbranched alkanes of at least 4 members (excludes halogenated alkanes) is 1. The van der Waals surface area contributed by atoms with Gasteiger partial charge in [0.2, 0.25) is 8.32 Å². The molecule has 0 radical (unpaired) electrons. The summed E-state index contributed by atoms with van der Waals surface area (Å²) in [5.74, 6) is 2.73. The molecule has 0 amide bonds. The predicted octanol–water partition coefficient (Wildman–Crippen LogP) is 6.15. The molecule has 0 spiro atoms. The summed E-state index contributed by atoms with van der Waals surface area (Å²) in [5, 5.41) is 0.235. The molecular formula is C18H36OSi. The average Bonchev–Trinajstić information content (AvgIpc) is 2.23. The zero-order chi connectivity index (χ0) is 16.2. The minimum atomic E-state index is -1.90. The van der Waals surface area contributed by atoms with E-state index < -0.39 is 8.32 Å². The third kappa shape index (κ3) is 4.64. The SMILES string of the molecule is C#CCCCC(C)(C)O[Si](C(C)C)(C(C)C)C(C)(C)C. The van der Waals surface area contributed by atoms with E-state index in [4.69, 9.17) is 10.8 Å². The summed E-state index contributed by atoms with van der Waals surface area (Å²) in [6.07, 6.45) is 8.31. The fourth-order valence-electron chi connectivity index (χ4n) is 3.91. The van der Waals surface area contributed by atoms with Crippen molar-refractivity contribution in [1.29, 1.82) is 0 Å². The molecule has 0 unspecified atom stereocenters. The summed E-state index contributed by atoms with van der Waals surface area (Å²) in [6.45, 7) is 20.9. The van der Waals surface area contributed by atoms with Gasteiger partial charge >= 0.3 is 0 Å². The van der Waals surface area contributed by atoms with E-state index in [9.17, 15) is 0 Å². The Morgan fingerprint density at radius 1 is 1.00 bits per heavy atom. The van der Waals surface area contributed by atoms with Crippen LogP contribution in [0.4, 0.5) is 0 Å². The van der Waals surface area contributed by atoms with Crippen molar-refractivity contribution in [2.75, 3.05) is 0 Å². The molecule has 0 bridgehead atoms. The fourth-order valence-corrected chi connectivity index (χ4v) is 10.5. The maximum atomic E-state index is 6.93. The number of hydrogen-bond acceptors (Lipinski definition) is 1. The molecule has 0 aliphatic carbocycles. The summed E-state index contributed by atoms with van der Waals surface area (Å²) in [4.78, 5) is 0. The molecule has 20 heavy (non-hydrogen) atoms. The largest absolute Gasteiger partial charge is 0.411 e. The summed E-state index contributed by atoms with van der Waals surface area (Å²) in [5.41, 5.74) is 1.13. The maximum Gasteiger partial charge on any atom is 0.203 e. The molecule has 0 aromatic rings. The van der Waals surface area contributed by atoms with Crippen molar-refractivity contribution in [2.24, 2.45) is 0 Å². The first-order valence-electron chi connectivity index (χ1n) is 8.04. The lowest BCUT2D eigenvalue weighted by atomic mass is 10.0. The zero-order valence-corrected chi connectivity index (χ0v) is 16.3. The van der Waals surface area contributed by atoms with E-state index in [-0.39, 0.29) is 10.6 Å². The second kappa shape index (κ2) is 7.14. The second-order valence-corrected chi connectivity index (χ2v) is 13.9. The van der Waals surface area contributed by atoms with Crippen LogP contribution >= 0.6 is 0 Å². The van der Waals surface area contributed by atoms with Crippen LogP contribution in [0.25, 0.3) is 0 Å². The van der Waals surface area contributed by atoms with Gasteiger partial charge in [0.05, 0.1) is 5.60 Å². The lowest BCUT2D eigenvalue weighted by Crippen LogP contribution is -2.56. The first kappa shape index (κ1) is 19.7. The van der Waals surface area contributed by atoms with E-state index >= 15 is 0 Å². The Hall–Kier alpha value is -0.263. The molecule has 0 aromatic heterocycles. The highest BCUT2D eigenvalue weighted by molar-refractivity contribution is 6.79. The van der Waals surface area contributed by atoms with Crippen LogP contribution in [0.1, 0.15) is 81.6 Å². The van der Waals surface area contributed by atoms with Gasteiger partial charge in [0.25, 0.3) is 0 Å². The Kier molecular flexibility index (Phi) is 7.04. The lowest BCUT2D eigenvalue weighted by molar-refractivity contribution is 0.0703. The number of rotatable bonds is 7. The minimum absolute atomic E-state index is 0.0785. The highest BCUT2D eigenvalue weighted by Gasteiger charge is 2.53. The Balaban J connectivity index is 5.32. The van der Waals surface area contributed by atoms with E-state index in [1.165, 1.54) is 0 Å². The molecule has 2 heteroatoms. The van der Waals surface area contributed by atoms with Crippen molar-refractivity contribution < 1.29 is 4.43 Å². The van der Waals surface area contributed by atoms with Gasteiger partial charge in [-0.15, -0.1) is 12.3 Å². The highest BCUT2D eigenvalue weighted by atomic mass is 28.4. The van der Waals surface area contributed by atoms with Gasteiger partial charge in [0.15, 0.2) is 0 Å². The third-order valence-electron chi connectivity index (χ3n) is 4.43. The van der Waals surface area contributed by atoms with E-state index in [0.717, 1.165) is 19.3 Å². The van der Waals surface area contributed by atoms with Gasteiger partial charge in [-0.1, -0.05) is 48.5 Å². The first-order chi connectivity index (χ1) is 8.90. The normalized spacial score (nSPS) is 13.9. The minimum Gasteiger partial charge on any atom is -0.411 e. The monoisotopic (exact) mass is 296 g/mol. The molecule has 0 aliphatic heterocycles. The molecule has 0 heterocycles. The molecular weight excluding hydrogens is 260 g/mol. The van der Waals surface area contributed by atoms with Crippen molar-refractivity contribution in [3.63, 3.8) is 0 Å². The van der Waals surface area contributed by atoms with Crippen molar-refractivity contribution in [2.45, 2.75) is 103 Å². The molecule has 0 saturated heterocycles. The lowest BCUT2D eigenvalue weighted by Gasteiger charge is -2.52. The Labute approximate surface area is 129 Å². The molecule has 0 aromatic carbocycles. The standard InChI is InChI=1S/C18H36OSi/c1-11-12-13-14-18(9,10)19-20(15(2)3,16(4)5)17(6,7)8/h1,15-16H,12-14H2,2-10H3. The maximum absolute atomic E-state index is 6.93. The molecule has 0 N–H and O–H groups in total. The van der Waals surface area contributed by atoms with Crippen molar-refractivity contribution in [3.8, 4) is 12.3 Å². The van der Waals surface area contributed by atoms with E-state index in [0.29, 0.717) is 11.1 Å². The van der Waals surface area contributed by atoms with Crippen LogP contribution in [-0.4, -0.2) is 13.9 Å². The van der Waals surface area contributed by atoms with Crippen molar-refractivity contribution >= 4 is 8.32 Å². The second-order valence-electron chi connectivity index (χ2n) is 8.27. The third-order valence-corrected chi connectivity index (χ3v) is 11.1. The average molecular weight is 297 g/mol. The summed E-state index contributed by atoms with van der Waals surface area (Å²) >= 11 is 0. The van der Waals surface area contributed by atoms with Crippen LogP contribution in [-0.2, 0) is 4.43 Å². The molecule has 118 valence electrons. The van der Waals surface area contributed by atoms with E-state index in [1.54, 1.807) is 0 Å². The summed E-state index contributed by atoms with van der Waals surface area (Å²) < 4.78 is 6.93. The molecule has 0 saturated carbocycles. The van der Waals surface area contributed by atoms with Crippen LogP contribution in [0.5, 0.6) is 0 Å². The van der Waals surface area contributed by atoms with Crippen LogP contribution in [0.3, 0.4) is 0 Å². The Morgan fingerprint density at radius 2 is 1.45 bits per heavy atom. The van der Waals surface area contributed by atoms with Gasteiger partial charge in [-0.3, -0.25) is 0 Å². The summed E-state index contributed by atoms with van der Waals surface area (Å²) in [6, 6.07) is 0. The summed E-state index contributed by atoms with van der Waals surface area (Å²) in [7, 11) is -1.90. The van der Waals surface area contributed by atoms with Crippen LogP contribution < -0.4 is 0 Å². The number of terminal acetylenes is 1. The quantitative estimate of drug-likeness (QED) is 0.311. The van der Waals surface area contributed by atoms with Crippen LogP contribution in [0, 0.1) is 12.3 Å². The highest BCUT2D eigenvalue weighted by Crippen LogP contribution is 2.52. The molecule has 1 nitrogen and oxygen atoms in total. The smallest absolute Gasteiger partial charge is 0.203 e. The van der Waals surface area contributed by atoms with Crippen LogP contribution in [0.15, 0.2) is 0 Å².